The van der Waals surface area contributed by atoms with E-state index < -0.39 is 0 Å². The average Bonchev–Trinajstić information content (AvgIpc) is 2.74. The summed E-state index contributed by atoms with van der Waals surface area (Å²) < 4.78 is 1.85. The molecule has 2 rings (SSSR count). The Balaban J connectivity index is 2.53. The third-order valence-electron chi connectivity index (χ3n) is 3.41. The lowest BCUT2D eigenvalue weighted by Gasteiger charge is -2.14. The molecule has 0 aliphatic rings. The predicted octanol–water partition coefficient (Wildman–Crippen LogP) is 3.22. The van der Waals surface area contributed by atoms with E-state index in [2.05, 4.69) is 18.8 Å². The Hall–Kier alpha value is -1.62. The number of nitrogen functional groups attached to an aromatic ring is 1. The second-order valence-corrected chi connectivity index (χ2v) is 6.44. The van der Waals surface area contributed by atoms with Crippen LogP contribution in [0.2, 0.25) is 0 Å². The van der Waals surface area contributed by atoms with Crippen LogP contribution >= 0.6 is 11.3 Å². The summed E-state index contributed by atoms with van der Waals surface area (Å²) in [5.41, 5.74) is 9.04. The molecule has 0 atom stereocenters. The molecule has 0 radical (unpaired) electrons. The van der Waals surface area contributed by atoms with E-state index in [0.717, 1.165) is 24.2 Å². The smallest absolute Gasteiger partial charge is 0.260 e. The third kappa shape index (κ3) is 2.93. The summed E-state index contributed by atoms with van der Waals surface area (Å²) in [6, 6.07) is 2.05. The van der Waals surface area contributed by atoms with Crippen LogP contribution in [0, 0.1) is 19.8 Å². The second-order valence-electron chi connectivity index (χ2n) is 5.55. The van der Waals surface area contributed by atoms with Crippen LogP contribution in [0.1, 0.15) is 31.5 Å². The van der Waals surface area contributed by atoms with E-state index in [1.165, 1.54) is 11.3 Å². The standard InChI is InChI=1S/C15H21N3OS/c1-9(2)5-6-18-11(4)7-10(3)13(14(18)19)12-8-20-15(16)17-12/h7-9H,5-6H2,1-4H3,(H2,16,17). The lowest BCUT2D eigenvalue weighted by atomic mass is 10.1. The van der Waals surface area contributed by atoms with Gasteiger partial charge in [-0.2, -0.15) is 0 Å². The highest BCUT2D eigenvalue weighted by Crippen LogP contribution is 2.23. The zero-order chi connectivity index (χ0) is 14.9. The van der Waals surface area contributed by atoms with Crippen LogP contribution in [0.15, 0.2) is 16.2 Å². The quantitative estimate of drug-likeness (QED) is 0.941. The van der Waals surface area contributed by atoms with Crippen molar-refractivity contribution < 1.29 is 0 Å². The summed E-state index contributed by atoms with van der Waals surface area (Å²) in [7, 11) is 0. The van der Waals surface area contributed by atoms with Gasteiger partial charge in [-0.05, 0) is 37.8 Å². The van der Waals surface area contributed by atoms with Gasteiger partial charge in [-0.15, -0.1) is 11.3 Å². The van der Waals surface area contributed by atoms with Crippen LogP contribution in [0.3, 0.4) is 0 Å². The first-order chi connectivity index (χ1) is 9.40. The number of rotatable bonds is 4. The van der Waals surface area contributed by atoms with Crippen molar-refractivity contribution in [1.29, 1.82) is 0 Å². The summed E-state index contributed by atoms with van der Waals surface area (Å²) in [5, 5.41) is 2.34. The monoisotopic (exact) mass is 291 g/mol. The van der Waals surface area contributed by atoms with Crippen LogP contribution in [0.5, 0.6) is 0 Å². The second kappa shape index (κ2) is 5.79. The normalized spacial score (nSPS) is 11.2. The van der Waals surface area contributed by atoms with E-state index >= 15 is 0 Å². The van der Waals surface area contributed by atoms with Crippen molar-refractivity contribution in [3.8, 4) is 11.3 Å². The molecule has 2 aromatic heterocycles. The number of hydrogen-bond acceptors (Lipinski definition) is 4. The van der Waals surface area contributed by atoms with Crippen LogP contribution in [0.4, 0.5) is 5.13 Å². The molecule has 0 aliphatic carbocycles. The Morgan fingerprint density at radius 1 is 1.40 bits per heavy atom. The van der Waals surface area contributed by atoms with Crippen molar-refractivity contribution in [3.05, 3.63) is 33.1 Å². The minimum Gasteiger partial charge on any atom is -0.375 e. The Kier molecular flexibility index (Phi) is 4.28. The lowest BCUT2D eigenvalue weighted by molar-refractivity contribution is 0.502. The van der Waals surface area contributed by atoms with Gasteiger partial charge in [0.2, 0.25) is 0 Å². The van der Waals surface area contributed by atoms with Gasteiger partial charge in [0, 0.05) is 17.6 Å². The zero-order valence-corrected chi connectivity index (χ0v) is 13.3. The molecule has 20 heavy (non-hydrogen) atoms. The molecule has 2 heterocycles. The lowest BCUT2D eigenvalue weighted by Crippen LogP contribution is -2.25. The van der Waals surface area contributed by atoms with E-state index in [1.54, 1.807) is 0 Å². The molecule has 2 N–H and O–H groups in total. The summed E-state index contributed by atoms with van der Waals surface area (Å²) in [5.74, 6) is 0.570. The van der Waals surface area contributed by atoms with Crippen molar-refractivity contribution >= 4 is 16.5 Å². The number of hydrogen-bond donors (Lipinski definition) is 1. The Labute approximate surface area is 123 Å². The number of aryl methyl sites for hydroxylation is 2. The van der Waals surface area contributed by atoms with Gasteiger partial charge in [0.1, 0.15) is 0 Å². The number of thiazole rings is 1. The number of aromatic nitrogens is 2. The van der Waals surface area contributed by atoms with Gasteiger partial charge >= 0.3 is 0 Å². The first kappa shape index (κ1) is 14.8. The molecule has 0 bridgehead atoms. The largest absolute Gasteiger partial charge is 0.375 e. The van der Waals surface area contributed by atoms with E-state index in [-0.39, 0.29) is 5.56 Å². The summed E-state index contributed by atoms with van der Waals surface area (Å²) in [4.78, 5) is 17.0. The van der Waals surface area contributed by atoms with Crippen molar-refractivity contribution in [1.82, 2.24) is 9.55 Å². The predicted molar refractivity (Wildman–Crippen MR) is 85.2 cm³/mol. The van der Waals surface area contributed by atoms with E-state index in [4.69, 9.17) is 5.73 Å². The molecule has 0 saturated carbocycles. The molecule has 0 saturated heterocycles. The van der Waals surface area contributed by atoms with Crippen LogP contribution in [-0.4, -0.2) is 9.55 Å². The highest BCUT2D eigenvalue weighted by molar-refractivity contribution is 7.13. The maximum Gasteiger partial charge on any atom is 0.260 e. The van der Waals surface area contributed by atoms with Crippen LogP contribution in [-0.2, 0) is 6.54 Å². The van der Waals surface area contributed by atoms with Gasteiger partial charge < -0.3 is 10.3 Å². The highest BCUT2D eigenvalue weighted by atomic mass is 32.1. The molecule has 0 aromatic carbocycles. The first-order valence-corrected chi connectivity index (χ1v) is 7.70. The molecule has 0 unspecified atom stereocenters. The van der Waals surface area contributed by atoms with Crippen molar-refractivity contribution in [2.45, 2.75) is 40.7 Å². The minimum atomic E-state index is 0.0356. The Bertz CT molecular complexity index is 670. The topological polar surface area (TPSA) is 60.9 Å². The minimum absolute atomic E-state index is 0.0356. The van der Waals surface area contributed by atoms with Gasteiger partial charge in [-0.25, -0.2) is 4.98 Å². The van der Waals surface area contributed by atoms with E-state index in [0.29, 0.717) is 22.3 Å². The zero-order valence-electron chi connectivity index (χ0n) is 12.4. The maximum atomic E-state index is 12.7. The fourth-order valence-corrected chi connectivity index (χ4v) is 2.86. The molecule has 0 amide bonds. The maximum absolute atomic E-state index is 12.7. The highest BCUT2D eigenvalue weighted by Gasteiger charge is 2.15. The first-order valence-electron chi connectivity index (χ1n) is 6.82. The fourth-order valence-electron chi connectivity index (χ4n) is 2.31. The SMILES string of the molecule is Cc1cc(C)n(CCC(C)C)c(=O)c1-c1csc(N)n1. The van der Waals surface area contributed by atoms with Crippen molar-refractivity contribution in [2.24, 2.45) is 5.92 Å². The Morgan fingerprint density at radius 2 is 2.10 bits per heavy atom. The molecule has 0 spiro atoms. The molecular formula is C15H21N3OS. The number of nitrogens with two attached hydrogens (primary N) is 1. The molecule has 0 fully saturated rings. The van der Waals surface area contributed by atoms with Gasteiger partial charge in [0.25, 0.3) is 5.56 Å². The number of pyridine rings is 1. The van der Waals surface area contributed by atoms with Gasteiger partial charge in [-0.3, -0.25) is 4.79 Å². The Morgan fingerprint density at radius 3 is 2.65 bits per heavy atom. The molecular weight excluding hydrogens is 270 g/mol. The van der Waals surface area contributed by atoms with Gasteiger partial charge in [0.15, 0.2) is 5.13 Å². The fraction of sp³-hybridized carbons (Fsp3) is 0.467. The molecule has 2 aromatic rings. The third-order valence-corrected chi connectivity index (χ3v) is 4.09. The van der Waals surface area contributed by atoms with Crippen LogP contribution < -0.4 is 11.3 Å². The molecule has 108 valence electrons. The average molecular weight is 291 g/mol. The molecule has 4 nitrogen and oxygen atoms in total. The summed E-state index contributed by atoms with van der Waals surface area (Å²) >= 11 is 1.36. The molecule has 5 heteroatoms. The van der Waals surface area contributed by atoms with Crippen molar-refractivity contribution in [3.63, 3.8) is 0 Å². The number of anilines is 1. The molecule has 0 aliphatic heterocycles. The van der Waals surface area contributed by atoms with Gasteiger partial charge in [0.05, 0.1) is 11.3 Å². The van der Waals surface area contributed by atoms with E-state index in [9.17, 15) is 4.79 Å². The van der Waals surface area contributed by atoms with Crippen molar-refractivity contribution in [2.75, 3.05) is 5.73 Å². The summed E-state index contributed by atoms with van der Waals surface area (Å²) in [6.07, 6.45) is 0.989. The van der Waals surface area contributed by atoms with Crippen LogP contribution in [0.25, 0.3) is 11.3 Å². The van der Waals surface area contributed by atoms with E-state index in [1.807, 2.05) is 29.9 Å². The summed E-state index contributed by atoms with van der Waals surface area (Å²) in [6.45, 7) is 9.00. The number of nitrogens with zero attached hydrogens (tertiary/aromatic N) is 2. The van der Waals surface area contributed by atoms with Gasteiger partial charge in [-0.1, -0.05) is 13.8 Å².